The van der Waals surface area contributed by atoms with Gasteiger partial charge in [-0.2, -0.15) is 5.10 Å². The van der Waals surface area contributed by atoms with Crippen molar-refractivity contribution in [3.05, 3.63) is 50.1 Å². The van der Waals surface area contributed by atoms with E-state index in [1.54, 1.807) is 6.92 Å². The van der Waals surface area contributed by atoms with Gasteiger partial charge in [0.1, 0.15) is 5.69 Å². The van der Waals surface area contributed by atoms with Crippen molar-refractivity contribution in [3.63, 3.8) is 0 Å². The number of halogens is 1. The van der Waals surface area contributed by atoms with E-state index in [4.69, 9.17) is 5.73 Å². The van der Waals surface area contributed by atoms with Gasteiger partial charge in [0.15, 0.2) is 0 Å². The topological polar surface area (TPSA) is 87.0 Å². The Labute approximate surface area is 118 Å². The van der Waals surface area contributed by atoms with E-state index in [-0.39, 0.29) is 17.5 Å². The molecular weight excluding hydrogens is 312 g/mol. The lowest BCUT2D eigenvalue weighted by Crippen LogP contribution is -2.12. The van der Waals surface area contributed by atoms with Crippen molar-refractivity contribution < 1.29 is 4.92 Å². The summed E-state index contributed by atoms with van der Waals surface area (Å²) in [4.78, 5) is 10.4. The maximum Gasteiger partial charge on any atom is 0.333 e. The van der Waals surface area contributed by atoms with Gasteiger partial charge in [-0.1, -0.05) is 34.1 Å². The van der Waals surface area contributed by atoms with Crippen LogP contribution in [0, 0.1) is 17.0 Å². The molecule has 0 amide bonds. The Morgan fingerprint density at radius 3 is 2.63 bits per heavy atom. The van der Waals surface area contributed by atoms with Crippen molar-refractivity contribution in [1.29, 1.82) is 0 Å². The van der Waals surface area contributed by atoms with Gasteiger partial charge >= 0.3 is 5.69 Å². The van der Waals surface area contributed by atoms with Crippen LogP contribution in [0.5, 0.6) is 0 Å². The Morgan fingerprint density at radius 1 is 1.47 bits per heavy atom. The zero-order valence-corrected chi connectivity index (χ0v) is 12.1. The van der Waals surface area contributed by atoms with Gasteiger partial charge in [0.05, 0.1) is 11.0 Å². The molecule has 0 spiro atoms. The predicted octanol–water partition coefficient (Wildman–Crippen LogP) is 3.05. The second-order valence-electron chi connectivity index (χ2n) is 4.22. The highest BCUT2D eigenvalue weighted by Gasteiger charge is 2.26. The average Bonchev–Trinajstić information content (AvgIpc) is 2.64. The second kappa shape index (κ2) is 5.00. The molecule has 0 bridgehead atoms. The van der Waals surface area contributed by atoms with Gasteiger partial charge in [-0.3, -0.25) is 10.1 Å². The number of hydrogen-bond donors (Lipinski definition) is 1. The van der Waals surface area contributed by atoms with Gasteiger partial charge in [-0.15, -0.1) is 0 Å². The molecule has 0 saturated carbocycles. The van der Waals surface area contributed by atoms with Gasteiger partial charge in [0.2, 0.25) is 5.82 Å². The Balaban J connectivity index is 2.52. The maximum atomic E-state index is 10.9. The number of hydrogen-bond acceptors (Lipinski definition) is 4. The molecule has 100 valence electrons. The maximum absolute atomic E-state index is 10.9. The summed E-state index contributed by atoms with van der Waals surface area (Å²) in [6.45, 7) is 3.48. The normalized spacial score (nSPS) is 12.4. The number of rotatable bonds is 3. The Bertz CT molecular complexity index is 639. The van der Waals surface area contributed by atoms with E-state index in [1.165, 1.54) is 4.68 Å². The van der Waals surface area contributed by atoms with Crippen molar-refractivity contribution in [3.8, 4) is 0 Å². The monoisotopic (exact) mass is 324 g/mol. The second-order valence-corrected chi connectivity index (χ2v) is 5.07. The molecule has 0 saturated heterocycles. The average molecular weight is 325 g/mol. The molecule has 2 aromatic rings. The molecule has 1 aromatic heterocycles. The van der Waals surface area contributed by atoms with E-state index in [2.05, 4.69) is 21.0 Å². The molecular formula is C12H13BrN4O2. The van der Waals surface area contributed by atoms with Crippen LogP contribution in [0.1, 0.15) is 24.2 Å². The third-order valence-electron chi connectivity index (χ3n) is 2.99. The van der Waals surface area contributed by atoms with Crippen LogP contribution in [-0.4, -0.2) is 14.7 Å². The first-order valence-electron chi connectivity index (χ1n) is 5.67. The predicted molar refractivity (Wildman–Crippen MR) is 76.0 cm³/mol. The molecule has 1 atom stereocenters. The molecule has 0 fully saturated rings. The zero-order valence-electron chi connectivity index (χ0n) is 10.5. The van der Waals surface area contributed by atoms with Crippen LogP contribution in [0.4, 0.5) is 11.5 Å². The van der Waals surface area contributed by atoms with Crippen LogP contribution in [0.15, 0.2) is 28.7 Å². The third kappa shape index (κ3) is 2.33. The van der Waals surface area contributed by atoms with Crippen LogP contribution < -0.4 is 5.73 Å². The Kier molecular flexibility index (Phi) is 3.57. The van der Waals surface area contributed by atoms with Crippen molar-refractivity contribution >= 4 is 27.4 Å². The quantitative estimate of drug-likeness (QED) is 0.694. The Morgan fingerprint density at radius 2 is 2.11 bits per heavy atom. The summed E-state index contributed by atoms with van der Waals surface area (Å²) in [5.74, 6) is 0.0748. The molecule has 0 aliphatic rings. The molecule has 0 aliphatic carbocycles. The molecule has 19 heavy (non-hydrogen) atoms. The first-order chi connectivity index (χ1) is 8.93. The minimum Gasteiger partial charge on any atom is -0.378 e. The molecule has 1 heterocycles. The fourth-order valence-corrected chi connectivity index (χ4v) is 2.64. The Hall–Kier alpha value is -1.89. The molecule has 1 aromatic carbocycles. The molecule has 0 aliphatic heterocycles. The highest BCUT2D eigenvalue weighted by molar-refractivity contribution is 9.10. The lowest BCUT2D eigenvalue weighted by molar-refractivity contribution is -0.384. The third-order valence-corrected chi connectivity index (χ3v) is 3.72. The summed E-state index contributed by atoms with van der Waals surface area (Å²) in [7, 11) is 0. The highest BCUT2D eigenvalue weighted by atomic mass is 79.9. The lowest BCUT2D eigenvalue weighted by Gasteiger charge is -2.15. The minimum atomic E-state index is -0.499. The summed E-state index contributed by atoms with van der Waals surface area (Å²) in [6, 6.07) is 7.45. The standard InChI is InChI=1S/C12H13BrN4O2/c1-7-11(17(18)19)12(14)16(15-7)8(2)9-5-3-4-6-10(9)13/h3-6,8H,14H2,1-2H3. The van der Waals surface area contributed by atoms with E-state index in [9.17, 15) is 10.1 Å². The van der Waals surface area contributed by atoms with Crippen molar-refractivity contribution in [2.45, 2.75) is 19.9 Å². The van der Waals surface area contributed by atoms with Crippen LogP contribution >= 0.6 is 15.9 Å². The molecule has 2 rings (SSSR count). The van der Waals surface area contributed by atoms with E-state index >= 15 is 0 Å². The lowest BCUT2D eigenvalue weighted by atomic mass is 10.1. The first kappa shape index (κ1) is 13.5. The number of aryl methyl sites for hydroxylation is 1. The molecule has 2 N–H and O–H groups in total. The van der Waals surface area contributed by atoms with Crippen molar-refractivity contribution in [1.82, 2.24) is 9.78 Å². The SMILES string of the molecule is Cc1nn(C(C)c2ccccc2Br)c(N)c1[N+](=O)[O-]. The van der Waals surface area contributed by atoms with E-state index in [0.29, 0.717) is 5.69 Å². The summed E-state index contributed by atoms with van der Waals surface area (Å²) in [5.41, 5.74) is 7.00. The van der Waals surface area contributed by atoms with Gasteiger partial charge in [-0.05, 0) is 25.5 Å². The summed E-state index contributed by atoms with van der Waals surface area (Å²) in [6.07, 6.45) is 0. The van der Waals surface area contributed by atoms with Crippen molar-refractivity contribution in [2.24, 2.45) is 0 Å². The smallest absolute Gasteiger partial charge is 0.333 e. The molecule has 0 radical (unpaired) electrons. The minimum absolute atomic E-state index is 0.0748. The zero-order chi connectivity index (χ0) is 14.2. The summed E-state index contributed by atoms with van der Waals surface area (Å²) < 4.78 is 2.39. The summed E-state index contributed by atoms with van der Waals surface area (Å²) in [5, 5.41) is 15.1. The van der Waals surface area contributed by atoms with Crippen LogP contribution in [0.2, 0.25) is 0 Å². The fraction of sp³-hybridized carbons (Fsp3) is 0.250. The number of aromatic nitrogens is 2. The van der Waals surface area contributed by atoms with Crippen LogP contribution in [0.3, 0.4) is 0 Å². The van der Waals surface area contributed by atoms with E-state index in [1.807, 2.05) is 31.2 Å². The highest BCUT2D eigenvalue weighted by Crippen LogP contribution is 2.32. The number of anilines is 1. The number of benzene rings is 1. The largest absolute Gasteiger partial charge is 0.378 e. The van der Waals surface area contributed by atoms with Gasteiger partial charge in [-0.25, -0.2) is 4.68 Å². The van der Waals surface area contributed by atoms with Gasteiger partial charge in [0, 0.05) is 4.47 Å². The first-order valence-corrected chi connectivity index (χ1v) is 6.46. The number of nitro groups is 1. The number of nitrogen functional groups attached to an aromatic ring is 1. The molecule has 7 heteroatoms. The molecule has 6 nitrogen and oxygen atoms in total. The van der Waals surface area contributed by atoms with Crippen LogP contribution in [0.25, 0.3) is 0 Å². The number of nitrogens with two attached hydrogens (primary N) is 1. The number of nitrogens with zero attached hydrogens (tertiary/aromatic N) is 3. The van der Waals surface area contributed by atoms with Crippen LogP contribution in [-0.2, 0) is 0 Å². The molecule has 1 unspecified atom stereocenters. The van der Waals surface area contributed by atoms with E-state index < -0.39 is 4.92 Å². The van der Waals surface area contributed by atoms with Gasteiger partial charge < -0.3 is 5.73 Å². The van der Waals surface area contributed by atoms with E-state index in [0.717, 1.165) is 10.0 Å². The van der Waals surface area contributed by atoms with Crippen molar-refractivity contribution in [2.75, 3.05) is 5.73 Å². The fourth-order valence-electron chi connectivity index (χ4n) is 2.02. The summed E-state index contributed by atoms with van der Waals surface area (Å²) >= 11 is 3.46. The van der Waals surface area contributed by atoms with Gasteiger partial charge in [0.25, 0.3) is 0 Å².